The molecule has 0 unspecified atom stereocenters. The second-order valence-corrected chi connectivity index (χ2v) is 5.08. The number of benzene rings is 1. The monoisotopic (exact) mass is 304 g/mol. The lowest BCUT2D eigenvalue weighted by atomic mass is 10.2. The van der Waals surface area contributed by atoms with Crippen molar-refractivity contribution < 1.29 is 9.47 Å². The van der Waals surface area contributed by atoms with Crippen LogP contribution in [0.5, 0.6) is 11.5 Å². The first kappa shape index (κ1) is 16.3. The topological polar surface area (TPSA) is 75.2 Å². The van der Waals surface area contributed by atoms with E-state index in [4.69, 9.17) is 15.2 Å². The molecule has 0 bridgehead atoms. The summed E-state index contributed by atoms with van der Waals surface area (Å²) in [5.74, 6) is 1.52. The molecule has 2 N–H and O–H groups in total. The summed E-state index contributed by atoms with van der Waals surface area (Å²) in [6, 6.07) is 7.53. The third kappa shape index (κ3) is 4.21. The Morgan fingerprint density at radius 2 is 2.05 bits per heavy atom. The Bertz CT molecular complexity index is 583. The maximum absolute atomic E-state index is 5.85. The van der Waals surface area contributed by atoms with Gasteiger partial charge in [0.1, 0.15) is 29.5 Å². The zero-order chi connectivity index (χ0) is 15.8. The van der Waals surface area contributed by atoms with Crippen LogP contribution in [0.2, 0.25) is 0 Å². The van der Waals surface area contributed by atoms with Crippen molar-refractivity contribution >= 4 is 0 Å². The molecule has 0 radical (unpaired) electrons. The molecular weight excluding hydrogens is 280 g/mol. The van der Waals surface area contributed by atoms with Gasteiger partial charge in [-0.15, -0.1) is 5.10 Å². The van der Waals surface area contributed by atoms with Crippen LogP contribution in [-0.4, -0.2) is 22.1 Å². The third-order valence-corrected chi connectivity index (χ3v) is 3.50. The minimum absolute atomic E-state index is 0.366. The van der Waals surface area contributed by atoms with Gasteiger partial charge in [-0.2, -0.15) is 0 Å². The second-order valence-electron chi connectivity index (χ2n) is 5.08. The molecule has 1 heterocycles. The minimum Gasteiger partial charge on any atom is -0.497 e. The van der Waals surface area contributed by atoms with Gasteiger partial charge in [0.15, 0.2) is 0 Å². The first-order chi connectivity index (χ1) is 10.8. The maximum Gasteiger partial charge on any atom is 0.132 e. The maximum atomic E-state index is 5.85. The number of unbranched alkanes of at least 4 members (excludes halogenated alkanes) is 2. The van der Waals surface area contributed by atoms with E-state index in [2.05, 4.69) is 17.2 Å². The normalized spacial score (nSPS) is 10.7. The standard InChI is InChI=1S/C16H24N4O2/c1-3-4-5-9-20-16(15(11-17)18-19-20)12-22-14-8-6-7-13(10-14)21-2/h6-8,10H,3-5,9,11-12,17H2,1-2H3. The van der Waals surface area contributed by atoms with Gasteiger partial charge in [-0.3, -0.25) is 0 Å². The van der Waals surface area contributed by atoms with E-state index in [0.29, 0.717) is 13.2 Å². The summed E-state index contributed by atoms with van der Waals surface area (Å²) in [6.45, 7) is 3.79. The van der Waals surface area contributed by atoms with Crippen LogP contribution in [0, 0.1) is 0 Å². The van der Waals surface area contributed by atoms with Crippen molar-refractivity contribution in [2.75, 3.05) is 7.11 Å². The number of hydrogen-bond acceptors (Lipinski definition) is 5. The predicted molar refractivity (Wildman–Crippen MR) is 84.8 cm³/mol. The molecule has 0 aliphatic rings. The molecule has 0 aliphatic carbocycles. The molecule has 0 saturated heterocycles. The quantitative estimate of drug-likeness (QED) is 0.720. The molecule has 0 atom stereocenters. The number of rotatable bonds is 9. The summed E-state index contributed by atoms with van der Waals surface area (Å²) in [7, 11) is 1.64. The summed E-state index contributed by atoms with van der Waals surface area (Å²) >= 11 is 0. The molecular formula is C16H24N4O2. The lowest BCUT2D eigenvalue weighted by Gasteiger charge is -2.10. The zero-order valence-electron chi connectivity index (χ0n) is 13.3. The molecule has 6 heteroatoms. The van der Waals surface area contributed by atoms with Gasteiger partial charge >= 0.3 is 0 Å². The van der Waals surface area contributed by atoms with Crippen LogP contribution in [0.4, 0.5) is 0 Å². The number of ether oxygens (including phenoxy) is 2. The molecule has 1 aromatic heterocycles. The van der Waals surface area contributed by atoms with E-state index in [-0.39, 0.29) is 0 Å². The lowest BCUT2D eigenvalue weighted by molar-refractivity contribution is 0.287. The van der Waals surface area contributed by atoms with Crippen LogP contribution in [0.3, 0.4) is 0 Å². The van der Waals surface area contributed by atoms with Gasteiger partial charge < -0.3 is 15.2 Å². The first-order valence-corrected chi connectivity index (χ1v) is 7.66. The summed E-state index contributed by atoms with van der Waals surface area (Å²) < 4.78 is 12.9. The molecule has 1 aromatic carbocycles. The number of nitrogens with zero attached hydrogens (tertiary/aromatic N) is 3. The lowest BCUT2D eigenvalue weighted by Crippen LogP contribution is -2.11. The largest absolute Gasteiger partial charge is 0.497 e. The fourth-order valence-electron chi connectivity index (χ4n) is 2.22. The summed E-state index contributed by atoms with van der Waals surface area (Å²) in [5.41, 5.74) is 7.48. The Hall–Kier alpha value is -2.08. The van der Waals surface area contributed by atoms with Gasteiger partial charge in [-0.05, 0) is 18.6 Å². The summed E-state index contributed by atoms with van der Waals surface area (Å²) in [5, 5.41) is 8.33. The van der Waals surface area contributed by atoms with E-state index >= 15 is 0 Å². The molecule has 0 amide bonds. The van der Waals surface area contributed by atoms with Crippen LogP contribution >= 0.6 is 0 Å². The Morgan fingerprint density at radius 3 is 2.77 bits per heavy atom. The Kier molecular flexibility index (Phi) is 6.21. The molecule has 0 fully saturated rings. The van der Waals surface area contributed by atoms with Crippen molar-refractivity contribution in [2.24, 2.45) is 5.73 Å². The van der Waals surface area contributed by atoms with Crippen molar-refractivity contribution in [3.63, 3.8) is 0 Å². The predicted octanol–water partition coefficient (Wildman–Crippen LogP) is 2.51. The number of hydrogen-bond donors (Lipinski definition) is 1. The van der Waals surface area contributed by atoms with Gasteiger partial charge in [-0.1, -0.05) is 31.0 Å². The highest BCUT2D eigenvalue weighted by Gasteiger charge is 2.12. The second kappa shape index (κ2) is 8.38. The van der Waals surface area contributed by atoms with Crippen LogP contribution in [0.1, 0.15) is 37.6 Å². The molecule has 22 heavy (non-hydrogen) atoms. The van der Waals surface area contributed by atoms with Crippen LogP contribution < -0.4 is 15.2 Å². The van der Waals surface area contributed by atoms with Gasteiger partial charge in [0.25, 0.3) is 0 Å². The van der Waals surface area contributed by atoms with E-state index in [1.807, 2.05) is 28.9 Å². The molecule has 0 spiro atoms. The van der Waals surface area contributed by atoms with Crippen LogP contribution in [-0.2, 0) is 19.7 Å². The zero-order valence-corrected chi connectivity index (χ0v) is 13.3. The van der Waals surface area contributed by atoms with E-state index in [0.717, 1.165) is 35.9 Å². The summed E-state index contributed by atoms with van der Waals surface area (Å²) in [6.07, 6.45) is 3.43. The van der Waals surface area contributed by atoms with Gasteiger partial charge in [0.2, 0.25) is 0 Å². The Labute approximate surface area is 131 Å². The average Bonchev–Trinajstić information content (AvgIpc) is 2.95. The van der Waals surface area contributed by atoms with E-state index in [1.54, 1.807) is 7.11 Å². The first-order valence-electron chi connectivity index (χ1n) is 7.66. The molecule has 120 valence electrons. The van der Waals surface area contributed by atoms with Gasteiger partial charge in [0, 0.05) is 19.2 Å². The fraction of sp³-hybridized carbons (Fsp3) is 0.500. The smallest absolute Gasteiger partial charge is 0.132 e. The average molecular weight is 304 g/mol. The fourth-order valence-corrected chi connectivity index (χ4v) is 2.22. The highest BCUT2D eigenvalue weighted by atomic mass is 16.5. The Balaban J connectivity index is 2.05. The van der Waals surface area contributed by atoms with Crippen molar-refractivity contribution in [3.05, 3.63) is 35.7 Å². The van der Waals surface area contributed by atoms with Crippen LogP contribution in [0.15, 0.2) is 24.3 Å². The van der Waals surface area contributed by atoms with Gasteiger partial charge in [-0.25, -0.2) is 4.68 Å². The van der Waals surface area contributed by atoms with Crippen molar-refractivity contribution in [1.82, 2.24) is 15.0 Å². The van der Waals surface area contributed by atoms with Crippen molar-refractivity contribution in [1.29, 1.82) is 0 Å². The number of aromatic nitrogens is 3. The molecule has 2 aromatic rings. The highest BCUT2D eigenvalue weighted by molar-refractivity contribution is 5.33. The van der Waals surface area contributed by atoms with Crippen molar-refractivity contribution in [3.8, 4) is 11.5 Å². The summed E-state index contributed by atoms with van der Waals surface area (Å²) in [4.78, 5) is 0. The number of nitrogens with two attached hydrogens (primary N) is 1. The van der Waals surface area contributed by atoms with E-state index < -0.39 is 0 Å². The molecule has 0 aliphatic heterocycles. The van der Waals surface area contributed by atoms with Crippen molar-refractivity contribution in [2.45, 2.75) is 45.9 Å². The number of methoxy groups -OCH3 is 1. The minimum atomic E-state index is 0.366. The van der Waals surface area contributed by atoms with E-state index in [9.17, 15) is 0 Å². The molecule has 2 rings (SSSR count). The van der Waals surface area contributed by atoms with E-state index in [1.165, 1.54) is 12.8 Å². The van der Waals surface area contributed by atoms with Crippen LogP contribution in [0.25, 0.3) is 0 Å². The molecule has 6 nitrogen and oxygen atoms in total. The third-order valence-electron chi connectivity index (χ3n) is 3.50. The number of aryl methyl sites for hydroxylation is 1. The Morgan fingerprint density at radius 1 is 1.23 bits per heavy atom. The SMILES string of the molecule is CCCCCn1nnc(CN)c1COc1cccc(OC)c1. The van der Waals surface area contributed by atoms with Gasteiger partial charge in [0.05, 0.1) is 7.11 Å². The highest BCUT2D eigenvalue weighted by Crippen LogP contribution is 2.20. The molecule has 0 saturated carbocycles.